The lowest BCUT2D eigenvalue weighted by Gasteiger charge is -2.23. The Morgan fingerprint density at radius 3 is 2.88 bits per heavy atom. The maximum atomic E-state index is 6.18. The van der Waals surface area contributed by atoms with Gasteiger partial charge in [-0.05, 0) is 44.0 Å². The van der Waals surface area contributed by atoms with Crippen molar-refractivity contribution in [2.45, 2.75) is 25.3 Å². The molecule has 1 aliphatic rings. The Labute approximate surface area is 108 Å². The van der Waals surface area contributed by atoms with Crippen LogP contribution in [-0.4, -0.2) is 19.7 Å². The van der Waals surface area contributed by atoms with Crippen molar-refractivity contribution in [3.05, 3.63) is 46.7 Å². The van der Waals surface area contributed by atoms with Crippen LogP contribution in [0.25, 0.3) is 0 Å². The fourth-order valence-corrected chi connectivity index (χ4v) is 2.26. The summed E-state index contributed by atoms with van der Waals surface area (Å²) in [6.45, 7) is 0.826. The summed E-state index contributed by atoms with van der Waals surface area (Å²) in [5, 5.41) is 4.12. The van der Waals surface area contributed by atoms with Gasteiger partial charge in [-0.1, -0.05) is 29.8 Å². The monoisotopic (exact) mass is 251 g/mol. The molecule has 2 nitrogen and oxygen atoms in total. The lowest BCUT2D eigenvalue weighted by atomic mass is 10.0. The summed E-state index contributed by atoms with van der Waals surface area (Å²) in [6, 6.07) is 8.19. The number of allylic oxidation sites excluding steroid dienone is 1. The van der Waals surface area contributed by atoms with Gasteiger partial charge in [0.2, 0.25) is 0 Å². The zero-order valence-corrected chi connectivity index (χ0v) is 10.8. The molecule has 1 N–H and O–H groups in total. The fraction of sp³-hybridized carbons (Fsp3) is 0.429. The highest BCUT2D eigenvalue weighted by Crippen LogP contribution is 2.21. The molecule has 0 aromatic heterocycles. The minimum absolute atomic E-state index is 0.218. The van der Waals surface area contributed by atoms with Crippen LogP contribution in [0.3, 0.4) is 0 Å². The van der Waals surface area contributed by atoms with Gasteiger partial charge in [0.25, 0.3) is 0 Å². The Morgan fingerprint density at radius 2 is 2.24 bits per heavy atom. The second kappa shape index (κ2) is 6.08. The van der Waals surface area contributed by atoms with Crippen LogP contribution < -0.4 is 5.32 Å². The highest BCUT2D eigenvalue weighted by molar-refractivity contribution is 6.31. The summed E-state index contributed by atoms with van der Waals surface area (Å²) >= 11 is 6.18. The maximum Gasteiger partial charge on any atom is 0.109 e. The highest BCUT2D eigenvalue weighted by atomic mass is 35.5. The van der Waals surface area contributed by atoms with Crippen LogP contribution in [0.2, 0.25) is 5.02 Å². The number of ether oxygens (including phenoxy) is 1. The molecule has 0 amide bonds. The maximum absolute atomic E-state index is 6.18. The van der Waals surface area contributed by atoms with Gasteiger partial charge in [-0.2, -0.15) is 0 Å². The van der Waals surface area contributed by atoms with Crippen LogP contribution in [0.15, 0.2) is 36.1 Å². The van der Waals surface area contributed by atoms with E-state index in [-0.39, 0.29) is 6.04 Å². The Morgan fingerprint density at radius 1 is 1.41 bits per heavy atom. The lowest BCUT2D eigenvalue weighted by molar-refractivity contribution is 0.169. The van der Waals surface area contributed by atoms with E-state index in [2.05, 4.69) is 17.5 Å². The van der Waals surface area contributed by atoms with Crippen LogP contribution in [0.5, 0.6) is 0 Å². The third-order valence-corrected chi connectivity index (χ3v) is 3.41. The van der Waals surface area contributed by atoms with Crippen molar-refractivity contribution in [1.82, 2.24) is 5.32 Å². The molecule has 92 valence electrons. The van der Waals surface area contributed by atoms with E-state index >= 15 is 0 Å². The first kappa shape index (κ1) is 12.5. The zero-order chi connectivity index (χ0) is 12.1. The topological polar surface area (TPSA) is 21.3 Å². The van der Waals surface area contributed by atoms with E-state index in [0.29, 0.717) is 0 Å². The number of nitrogens with one attached hydrogen (secondary N) is 1. The first-order valence-corrected chi connectivity index (χ1v) is 6.42. The van der Waals surface area contributed by atoms with E-state index in [1.165, 1.54) is 0 Å². The van der Waals surface area contributed by atoms with Gasteiger partial charge in [0, 0.05) is 5.02 Å². The first-order valence-electron chi connectivity index (χ1n) is 6.05. The second-order valence-electron chi connectivity index (χ2n) is 4.23. The number of halogens is 1. The van der Waals surface area contributed by atoms with Gasteiger partial charge in [0.15, 0.2) is 0 Å². The zero-order valence-electron chi connectivity index (χ0n) is 10.1. The van der Waals surface area contributed by atoms with Crippen molar-refractivity contribution in [2.75, 3.05) is 13.7 Å². The Balaban J connectivity index is 2.09. The Kier molecular flexibility index (Phi) is 4.46. The van der Waals surface area contributed by atoms with Crippen molar-refractivity contribution >= 4 is 11.6 Å². The second-order valence-corrected chi connectivity index (χ2v) is 4.64. The van der Waals surface area contributed by atoms with E-state index in [1.807, 2.05) is 25.2 Å². The van der Waals surface area contributed by atoms with Gasteiger partial charge in [-0.25, -0.2) is 0 Å². The number of hydrogen-bond donors (Lipinski definition) is 1. The molecule has 1 heterocycles. The van der Waals surface area contributed by atoms with Crippen molar-refractivity contribution in [3.63, 3.8) is 0 Å². The smallest absolute Gasteiger partial charge is 0.109 e. The molecule has 2 rings (SSSR count). The molecule has 0 spiro atoms. The largest absolute Gasteiger partial charge is 0.497 e. The molecule has 1 atom stereocenters. The van der Waals surface area contributed by atoms with E-state index in [1.54, 1.807) is 0 Å². The summed E-state index contributed by atoms with van der Waals surface area (Å²) < 4.78 is 5.70. The first-order chi connectivity index (χ1) is 8.31. The van der Waals surface area contributed by atoms with Crippen molar-refractivity contribution in [2.24, 2.45) is 0 Å². The number of likely N-dealkylation sites (N-methyl/N-ethyl adjacent to an activating group) is 1. The molecule has 1 unspecified atom stereocenters. The molecule has 1 aromatic carbocycles. The van der Waals surface area contributed by atoms with Gasteiger partial charge in [0.1, 0.15) is 5.76 Å². The average Bonchev–Trinajstić information content (AvgIpc) is 2.39. The summed E-state index contributed by atoms with van der Waals surface area (Å²) in [5.41, 5.74) is 1.16. The minimum Gasteiger partial charge on any atom is -0.497 e. The molecule has 1 aliphatic heterocycles. The standard InChI is InChI=1S/C14H18ClNO/c1-16-13(14-8-4-5-9-17-14)10-11-6-2-3-7-12(11)15/h2-3,6-8,13,16H,4-5,9-10H2,1H3. The van der Waals surface area contributed by atoms with E-state index in [4.69, 9.17) is 16.3 Å². The molecule has 0 saturated heterocycles. The molecule has 3 heteroatoms. The van der Waals surface area contributed by atoms with Crippen molar-refractivity contribution in [3.8, 4) is 0 Å². The normalized spacial score (nSPS) is 17.2. The average molecular weight is 252 g/mol. The van der Waals surface area contributed by atoms with Gasteiger partial charge in [-0.15, -0.1) is 0 Å². The van der Waals surface area contributed by atoms with E-state index in [9.17, 15) is 0 Å². The van der Waals surface area contributed by atoms with Crippen LogP contribution in [0.4, 0.5) is 0 Å². The summed E-state index contributed by atoms with van der Waals surface area (Å²) in [7, 11) is 1.96. The molecule has 0 bridgehead atoms. The molecular weight excluding hydrogens is 234 g/mol. The fourth-order valence-electron chi connectivity index (χ4n) is 2.05. The highest BCUT2D eigenvalue weighted by Gasteiger charge is 2.17. The third kappa shape index (κ3) is 3.24. The third-order valence-electron chi connectivity index (χ3n) is 3.04. The number of benzene rings is 1. The number of rotatable bonds is 4. The summed E-state index contributed by atoms with van der Waals surface area (Å²) in [5.74, 6) is 1.05. The molecule has 1 aromatic rings. The van der Waals surface area contributed by atoms with Gasteiger partial charge in [-0.3, -0.25) is 0 Å². The SMILES string of the molecule is CNC(Cc1ccccc1Cl)C1=CCCCO1. The van der Waals surface area contributed by atoms with Crippen LogP contribution >= 0.6 is 11.6 Å². The molecule has 0 radical (unpaired) electrons. The van der Waals surface area contributed by atoms with Gasteiger partial charge < -0.3 is 10.1 Å². The van der Waals surface area contributed by atoms with Crippen molar-refractivity contribution in [1.29, 1.82) is 0 Å². The van der Waals surface area contributed by atoms with Crippen molar-refractivity contribution < 1.29 is 4.74 Å². The molecule has 17 heavy (non-hydrogen) atoms. The molecule has 0 fully saturated rings. The summed E-state index contributed by atoms with van der Waals surface area (Å²) in [4.78, 5) is 0. The predicted molar refractivity (Wildman–Crippen MR) is 71.3 cm³/mol. The van der Waals surface area contributed by atoms with E-state index in [0.717, 1.165) is 42.2 Å². The lowest BCUT2D eigenvalue weighted by Crippen LogP contribution is -2.32. The summed E-state index contributed by atoms with van der Waals surface area (Å²) in [6.07, 6.45) is 5.27. The number of hydrogen-bond acceptors (Lipinski definition) is 2. The van der Waals surface area contributed by atoms with E-state index < -0.39 is 0 Å². The minimum atomic E-state index is 0.218. The van der Waals surface area contributed by atoms with Crippen LogP contribution in [0, 0.1) is 0 Å². The predicted octanol–water partition coefficient (Wildman–Crippen LogP) is 3.16. The van der Waals surface area contributed by atoms with Gasteiger partial charge in [0.05, 0.1) is 12.6 Å². The molecular formula is C14H18ClNO. The Bertz CT molecular complexity index is 403. The quantitative estimate of drug-likeness (QED) is 0.888. The van der Waals surface area contributed by atoms with Crippen LogP contribution in [0.1, 0.15) is 18.4 Å². The van der Waals surface area contributed by atoms with Gasteiger partial charge >= 0.3 is 0 Å². The molecule has 0 saturated carbocycles. The van der Waals surface area contributed by atoms with Crippen LogP contribution in [-0.2, 0) is 11.2 Å². The Hall–Kier alpha value is -0.990. The molecule has 0 aliphatic carbocycles.